The van der Waals surface area contributed by atoms with Gasteiger partial charge >= 0.3 is 0 Å². The highest BCUT2D eigenvalue weighted by Gasteiger charge is 2.21. The van der Waals surface area contributed by atoms with Gasteiger partial charge in [0.2, 0.25) is 0 Å². The molecule has 0 aliphatic heterocycles. The Hall–Kier alpha value is -1.02. The first kappa shape index (κ1) is 16.4. The predicted molar refractivity (Wildman–Crippen MR) is 90.0 cm³/mol. The van der Waals surface area contributed by atoms with Crippen LogP contribution in [0.4, 0.5) is 0 Å². The molecule has 0 saturated heterocycles. The molecule has 0 spiro atoms. The van der Waals surface area contributed by atoms with Gasteiger partial charge in [-0.1, -0.05) is 44.7 Å². The van der Waals surface area contributed by atoms with Crippen molar-refractivity contribution in [2.45, 2.75) is 64.3 Å². The topological polar surface area (TPSA) is 21.3 Å². The van der Waals surface area contributed by atoms with Gasteiger partial charge in [0.1, 0.15) is 5.75 Å². The Balaban J connectivity index is 1.79. The van der Waals surface area contributed by atoms with Crippen molar-refractivity contribution in [3.8, 4) is 5.75 Å². The summed E-state index contributed by atoms with van der Waals surface area (Å²) in [5, 5.41) is 3.72. The average molecular weight is 289 g/mol. The van der Waals surface area contributed by atoms with Gasteiger partial charge in [-0.3, -0.25) is 0 Å². The van der Waals surface area contributed by atoms with Crippen molar-refractivity contribution in [2.24, 2.45) is 5.92 Å². The van der Waals surface area contributed by atoms with Gasteiger partial charge in [0, 0.05) is 6.04 Å². The number of benzene rings is 1. The van der Waals surface area contributed by atoms with Gasteiger partial charge in [0.25, 0.3) is 0 Å². The van der Waals surface area contributed by atoms with Gasteiger partial charge in [0.15, 0.2) is 0 Å². The van der Waals surface area contributed by atoms with E-state index in [1.165, 1.54) is 63.5 Å². The summed E-state index contributed by atoms with van der Waals surface area (Å²) in [5.74, 6) is 1.73. The number of hydrogen-bond donors (Lipinski definition) is 1. The SMILES string of the molecule is CCCCCCC(CNC1CC1)Cc1ccc(OC)cc1. The minimum atomic E-state index is 0.774. The summed E-state index contributed by atoms with van der Waals surface area (Å²) in [6.07, 6.45) is 10.8. The maximum absolute atomic E-state index is 5.24. The largest absolute Gasteiger partial charge is 0.497 e. The summed E-state index contributed by atoms with van der Waals surface area (Å²) in [6.45, 7) is 3.46. The second-order valence-electron chi connectivity index (χ2n) is 6.45. The number of rotatable bonds is 11. The molecule has 1 aromatic carbocycles. The number of methoxy groups -OCH3 is 1. The molecule has 0 bridgehead atoms. The molecule has 1 aliphatic carbocycles. The molecular formula is C19H31NO. The minimum absolute atomic E-state index is 0.774. The lowest BCUT2D eigenvalue weighted by Gasteiger charge is -2.18. The zero-order chi connectivity index (χ0) is 14.9. The molecule has 1 aliphatic rings. The van der Waals surface area contributed by atoms with Crippen molar-refractivity contribution >= 4 is 0 Å². The standard InChI is InChI=1S/C19H31NO/c1-3-4-5-6-7-17(15-20-18-10-11-18)14-16-8-12-19(21-2)13-9-16/h8-9,12-13,17-18,20H,3-7,10-11,14-15H2,1-2H3. The lowest BCUT2D eigenvalue weighted by molar-refractivity contribution is 0.412. The number of hydrogen-bond acceptors (Lipinski definition) is 2. The monoisotopic (exact) mass is 289 g/mol. The Morgan fingerprint density at radius 3 is 2.52 bits per heavy atom. The van der Waals surface area contributed by atoms with Gasteiger partial charge < -0.3 is 10.1 Å². The lowest BCUT2D eigenvalue weighted by atomic mass is 9.93. The normalized spacial score (nSPS) is 15.9. The Kier molecular flexibility index (Phi) is 7.08. The third-order valence-corrected chi connectivity index (χ3v) is 4.42. The Labute approximate surface area is 130 Å². The van der Waals surface area contributed by atoms with Crippen LogP contribution in [0.25, 0.3) is 0 Å². The molecule has 1 unspecified atom stereocenters. The van der Waals surface area contributed by atoms with Crippen molar-refractivity contribution < 1.29 is 4.74 Å². The van der Waals surface area contributed by atoms with Gasteiger partial charge in [-0.05, 0) is 55.8 Å². The summed E-state index contributed by atoms with van der Waals surface area (Å²) < 4.78 is 5.24. The van der Waals surface area contributed by atoms with Crippen LogP contribution in [-0.2, 0) is 6.42 Å². The number of unbranched alkanes of at least 4 members (excludes halogenated alkanes) is 3. The fraction of sp³-hybridized carbons (Fsp3) is 0.684. The van der Waals surface area contributed by atoms with E-state index in [9.17, 15) is 0 Å². The summed E-state index contributed by atoms with van der Waals surface area (Å²) >= 11 is 0. The smallest absolute Gasteiger partial charge is 0.118 e. The maximum atomic E-state index is 5.24. The van der Waals surface area contributed by atoms with E-state index in [0.717, 1.165) is 17.7 Å². The van der Waals surface area contributed by atoms with E-state index in [0.29, 0.717) is 0 Å². The van der Waals surface area contributed by atoms with Gasteiger partial charge in [-0.25, -0.2) is 0 Å². The second-order valence-corrected chi connectivity index (χ2v) is 6.45. The molecule has 118 valence electrons. The van der Waals surface area contributed by atoms with Crippen LogP contribution in [0.15, 0.2) is 24.3 Å². The molecule has 1 fully saturated rings. The van der Waals surface area contributed by atoms with Crippen molar-refractivity contribution in [1.82, 2.24) is 5.32 Å². The Morgan fingerprint density at radius 2 is 1.90 bits per heavy atom. The van der Waals surface area contributed by atoms with Crippen molar-refractivity contribution in [3.05, 3.63) is 29.8 Å². The molecule has 2 rings (SSSR count). The molecule has 2 nitrogen and oxygen atoms in total. The maximum Gasteiger partial charge on any atom is 0.118 e. The first-order chi connectivity index (χ1) is 10.3. The molecule has 0 amide bonds. The fourth-order valence-corrected chi connectivity index (χ4v) is 2.85. The molecule has 21 heavy (non-hydrogen) atoms. The van der Waals surface area contributed by atoms with Crippen LogP contribution in [0.5, 0.6) is 5.75 Å². The molecule has 0 heterocycles. The lowest BCUT2D eigenvalue weighted by Crippen LogP contribution is -2.26. The van der Waals surface area contributed by atoms with Crippen LogP contribution in [0, 0.1) is 5.92 Å². The first-order valence-electron chi connectivity index (χ1n) is 8.68. The van der Waals surface area contributed by atoms with Crippen LogP contribution < -0.4 is 10.1 Å². The van der Waals surface area contributed by atoms with Crippen molar-refractivity contribution in [2.75, 3.05) is 13.7 Å². The van der Waals surface area contributed by atoms with Crippen LogP contribution in [0.3, 0.4) is 0 Å². The third kappa shape index (κ3) is 6.52. The average Bonchev–Trinajstić information content (AvgIpc) is 3.34. The summed E-state index contributed by atoms with van der Waals surface area (Å²) in [4.78, 5) is 0. The van der Waals surface area contributed by atoms with Gasteiger partial charge in [-0.15, -0.1) is 0 Å². The summed E-state index contributed by atoms with van der Waals surface area (Å²) in [5.41, 5.74) is 1.44. The molecule has 1 aromatic rings. The highest BCUT2D eigenvalue weighted by molar-refractivity contribution is 5.27. The highest BCUT2D eigenvalue weighted by atomic mass is 16.5. The van der Waals surface area contributed by atoms with Crippen molar-refractivity contribution in [1.29, 1.82) is 0 Å². The van der Waals surface area contributed by atoms with E-state index in [1.54, 1.807) is 7.11 Å². The molecule has 2 heteroatoms. The number of nitrogens with one attached hydrogen (secondary N) is 1. The zero-order valence-corrected chi connectivity index (χ0v) is 13.7. The Morgan fingerprint density at radius 1 is 1.14 bits per heavy atom. The van der Waals surface area contributed by atoms with Crippen molar-refractivity contribution in [3.63, 3.8) is 0 Å². The fourth-order valence-electron chi connectivity index (χ4n) is 2.85. The van der Waals surface area contributed by atoms with E-state index in [1.807, 2.05) is 0 Å². The summed E-state index contributed by atoms with van der Waals surface area (Å²) in [6, 6.07) is 9.42. The molecule has 1 N–H and O–H groups in total. The van der Waals surface area contributed by atoms with E-state index in [2.05, 4.69) is 36.5 Å². The van der Waals surface area contributed by atoms with E-state index in [4.69, 9.17) is 4.74 Å². The number of ether oxygens (including phenoxy) is 1. The van der Waals surface area contributed by atoms with Crippen LogP contribution in [0.1, 0.15) is 57.4 Å². The predicted octanol–water partition coefficient (Wildman–Crippen LogP) is 4.58. The minimum Gasteiger partial charge on any atom is -0.497 e. The highest BCUT2D eigenvalue weighted by Crippen LogP contribution is 2.22. The van der Waals surface area contributed by atoms with Gasteiger partial charge in [-0.2, -0.15) is 0 Å². The second kappa shape index (κ2) is 9.09. The van der Waals surface area contributed by atoms with E-state index < -0.39 is 0 Å². The molecular weight excluding hydrogens is 258 g/mol. The molecule has 1 saturated carbocycles. The van der Waals surface area contributed by atoms with E-state index >= 15 is 0 Å². The van der Waals surface area contributed by atoms with E-state index in [-0.39, 0.29) is 0 Å². The quantitative estimate of drug-likeness (QED) is 0.602. The summed E-state index contributed by atoms with van der Waals surface area (Å²) in [7, 11) is 1.73. The van der Waals surface area contributed by atoms with Gasteiger partial charge in [0.05, 0.1) is 7.11 Å². The van der Waals surface area contributed by atoms with Crippen LogP contribution >= 0.6 is 0 Å². The zero-order valence-electron chi connectivity index (χ0n) is 13.7. The third-order valence-electron chi connectivity index (χ3n) is 4.42. The molecule has 0 radical (unpaired) electrons. The molecule has 1 atom stereocenters. The van der Waals surface area contributed by atoms with Crippen LogP contribution in [0.2, 0.25) is 0 Å². The van der Waals surface area contributed by atoms with Crippen LogP contribution in [-0.4, -0.2) is 19.7 Å². The first-order valence-corrected chi connectivity index (χ1v) is 8.68. The molecule has 0 aromatic heterocycles. The Bertz CT molecular complexity index is 383.